The second kappa shape index (κ2) is 12.8. The van der Waals surface area contributed by atoms with E-state index in [4.69, 9.17) is 10.8 Å². The Labute approximate surface area is 176 Å². The normalized spacial score (nSPS) is 16.0. The van der Waals surface area contributed by atoms with Crippen LogP contribution in [0.1, 0.15) is 53.9 Å². The fraction of sp³-hybridized carbons (Fsp3) is 0.737. The lowest BCUT2D eigenvalue weighted by Gasteiger charge is -2.28. The van der Waals surface area contributed by atoms with Crippen molar-refractivity contribution in [3.63, 3.8) is 0 Å². The third kappa shape index (κ3) is 9.21. The van der Waals surface area contributed by atoms with E-state index in [1.165, 1.54) is 6.92 Å². The first-order chi connectivity index (χ1) is 13.8. The molecule has 30 heavy (non-hydrogen) atoms. The number of carboxylic acids is 2. The largest absolute Gasteiger partial charge is 0.481 e. The number of nitrogens with two attached hydrogens (primary N) is 1. The van der Waals surface area contributed by atoms with Crippen LogP contribution in [0.4, 0.5) is 0 Å². The van der Waals surface area contributed by atoms with E-state index in [9.17, 15) is 29.1 Å². The van der Waals surface area contributed by atoms with Crippen molar-refractivity contribution in [2.75, 3.05) is 0 Å². The summed E-state index contributed by atoms with van der Waals surface area (Å²) in [5.41, 5.74) is 5.48. The van der Waals surface area contributed by atoms with E-state index in [1.54, 1.807) is 27.7 Å². The van der Waals surface area contributed by atoms with E-state index in [1.807, 2.05) is 0 Å². The molecule has 0 fully saturated rings. The maximum Gasteiger partial charge on any atom is 0.326 e. The summed E-state index contributed by atoms with van der Waals surface area (Å²) in [5.74, 6) is -5.15. The highest BCUT2D eigenvalue weighted by Crippen LogP contribution is 2.11. The van der Waals surface area contributed by atoms with E-state index < -0.39 is 59.7 Å². The molecule has 11 heteroatoms. The molecule has 0 aromatic rings. The van der Waals surface area contributed by atoms with Crippen molar-refractivity contribution in [2.24, 2.45) is 17.6 Å². The summed E-state index contributed by atoms with van der Waals surface area (Å²) in [6.45, 7) is 8.22. The van der Waals surface area contributed by atoms with Crippen LogP contribution in [0.15, 0.2) is 0 Å². The van der Waals surface area contributed by atoms with Gasteiger partial charge in [0.1, 0.15) is 18.1 Å². The summed E-state index contributed by atoms with van der Waals surface area (Å²) in [5, 5.41) is 25.6. The molecule has 3 amide bonds. The van der Waals surface area contributed by atoms with Crippen LogP contribution < -0.4 is 21.7 Å². The van der Waals surface area contributed by atoms with E-state index >= 15 is 0 Å². The minimum absolute atomic E-state index is 0.198. The van der Waals surface area contributed by atoms with Gasteiger partial charge < -0.3 is 31.9 Å². The van der Waals surface area contributed by atoms with Gasteiger partial charge in [-0.05, 0) is 25.2 Å². The molecule has 0 aliphatic carbocycles. The lowest BCUT2D eigenvalue weighted by atomic mass is 9.97. The Balaban J connectivity index is 5.43. The van der Waals surface area contributed by atoms with Crippen LogP contribution in [0.5, 0.6) is 0 Å². The molecule has 0 saturated heterocycles. The molecule has 0 bridgehead atoms. The van der Waals surface area contributed by atoms with Crippen LogP contribution in [0, 0.1) is 11.8 Å². The second-order valence-electron chi connectivity index (χ2n) is 7.72. The molecule has 5 atom stereocenters. The first-order valence-corrected chi connectivity index (χ1v) is 9.93. The van der Waals surface area contributed by atoms with Crippen molar-refractivity contribution in [1.29, 1.82) is 0 Å². The van der Waals surface area contributed by atoms with E-state index in [0.717, 1.165) is 0 Å². The van der Waals surface area contributed by atoms with Crippen LogP contribution in [0.3, 0.4) is 0 Å². The molecule has 0 aliphatic rings. The van der Waals surface area contributed by atoms with Crippen molar-refractivity contribution < 1.29 is 34.2 Å². The summed E-state index contributed by atoms with van der Waals surface area (Å²) in [7, 11) is 0. The van der Waals surface area contributed by atoms with Gasteiger partial charge in [0.25, 0.3) is 0 Å². The molecule has 0 aromatic heterocycles. The topological polar surface area (TPSA) is 188 Å². The van der Waals surface area contributed by atoms with Crippen LogP contribution in [-0.2, 0) is 24.0 Å². The Hall–Kier alpha value is -2.69. The monoisotopic (exact) mass is 430 g/mol. The molecule has 0 aromatic carbocycles. The van der Waals surface area contributed by atoms with Crippen LogP contribution in [0.2, 0.25) is 0 Å². The van der Waals surface area contributed by atoms with Gasteiger partial charge in [-0.25, -0.2) is 4.79 Å². The summed E-state index contributed by atoms with van der Waals surface area (Å²) in [6, 6.07) is -4.33. The minimum atomic E-state index is -1.21. The predicted octanol–water partition coefficient (Wildman–Crippen LogP) is -0.560. The molecular formula is C19H34N4O7. The van der Waals surface area contributed by atoms with Crippen LogP contribution in [-0.4, -0.2) is 64.0 Å². The van der Waals surface area contributed by atoms with Crippen molar-refractivity contribution in [2.45, 2.75) is 78.0 Å². The van der Waals surface area contributed by atoms with Gasteiger partial charge in [-0.2, -0.15) is 0 Å². The van der Waals surface area contributed by atoms with Gasteiger partial charge in [-0.1, -0.05) is 34.1 Å². The standard InChI is InChI=1S/C19H34N4O7/c1-6-10(4)15(19(29)30)23-18(28)14(9(2)3)22-17(27)12(7-8-13(24)25)21-16(26)11(5)20/h9-12,14-15H,6-8,20H2,1-5H3,(H,21,26)(H,22,27)(H,23,28)(H,24,25)(H,29,30). The molecule has 0 saturated carbocycles. The maximum atomic E-state index is 12.7. The Kier molecular flexibility index (Phi) is 11.6. The van der Waals surface area contributed by atoms with Gasteiger partial charge in [0.15, 0.2) is 0 Å². The molecular weight excluding hydrogens is 396 g/mol. The number of carbonyl (C=O) groups excluding carboxylic acids is 3. The zero-order chi connectivity index (χ0) is 23.6. The highest BCUT2D eigenvalue weighted by Gasteiger charge is 2.33. The third-order valence-corrected chi connectivity index (χ3v) is 4.72. The Morgan fingerprint density at radius 2 is 1.37 bits per heavy atom. The van der Waals surface area contributed by atoms with E-state index in [2.05, 4.69) is 16.0 Å². The van der Waals surface area contributed by atoms with Gasteiger partial charge in [-0.15, -0.1) is 0 Å². The Morgan fingerprint density at radius 1 is 0.833 bits per heavy atom. The molecule has 0 aliphatic heterocycles. The van der Waals surface area contributed by atoms with Crippen molar-refractivity contribution in [3.8, 4) is 0 Å². The third-order valence-electron chi connectivity index (χ3n) is 4.72. The lowest BCUT2D eigenvalue weighted by Crippen LogP contribution is -2.59. The highest BCUT2D eigenvalue weighted by atomic mass is 16.4. The molecule has 0 heterocycles. The number of rotatable bonds is 13. The summed E-state index contributed by atoms with van der Waals surface area (Å²) < 4.78 is 0. The number of carbonyl (C=O) groups is 5. The van der Waals surface area contributed by atoms with Gasteiger partial charge in [0.05, 0.1) is 6.04 Å². The minimum Gasteiger partial charge on any atom is -0.481 e. The summed E-state index contributed by atoms with van der Waals surface area (Å²) >= 11 is 0. The maximum absolute atomic E-state index is 12.7. The molecule has 11 nitrogen and oxygen atoms in total. The highest BCUT2D eigenvalue weighted by molar-refractivity contribution is 5.94. The lowest BCUT2D eigenvalue weighted by molar-refractivity contribution is -0.144. The molecule has 0 rings (SSSR count). The number of hydrogen-bond donors (Lipinski definition) is 6. The fourth-order valence-electron chi connectivity index (χ4n) is 2.55. The van der Waals surface area contributed by atoms with Crippen LogP contribution in [0.25, 0.3) is 0 Å². The first kappa shape index (κ1) is 27.3. The zero-order valence-electron chi connectivity index (χ0n) is 18.1. The molecule has 5 unspecified atom stereocenters. The zero-order valence-corrected chi connectivity index (χ0v) is 18.1. The first-order valence-electron chi connectivity index (χ1n) is 9.93. The number of aliphatic carboxylic acids is 2. The predicted molar refractivity (Wildman–Crippen MR) is 108 cm³/mol. The molecule has 172 valence electrons. The summed E-state index contributed by atoms with van der Waals surface area (Å²) in [4.78, 5) is 59.6. The van der Waals surface area contributed by atoms with Crippen molar-refractivity contribution in [3.05, 3.63) is 0 Å². The SMILES string of the molecule is CCC(C)C(NC(=O)C(NC(=O)C(CCC(=O)O)NC(=O)C(C)N)C(C)C)C(=O)O. The number of carboxylic acid groups (broad SMARTS) is 2. The Bertz CT molecular complexity index is 636. The number of nitrogens with one attached hydrogen (secondary N) is 3. The smallest absolute Gasteiger partial charge is 0.326 e. The second-order valence-corrected chi connectivity index (χ2v) is 7.72. The van der Waals surface area contributed by atoms with Gasteiger partial charge >= 0.3 is 11.9 Å². The molecule has 0 radical (unpaired) electrons. The summed E-state index contributed by atoms with van der Waals surface area (Å²) in [6.07, 6.45) is -0.0574. The van der Waals surface area contributed by atoms with Crippen molar-refractivity contribution >= 4 is 29.7 Å². The van der Waals surface area contributed by atoms with E-state index in [-0.39, 0.29) is 18.8 Å². The molecule has 0 spiro atoms. The molecule has 7 N–H and O–H groups in total. The number of hydrogen-bond acceptors (Lipinski definition) is 6. The quantitative estimate of drug-likeness (QED) is 0.224. The van der Waals surface area contributed by atoms with Gasteiger partial charge in [0, 0.05) is 6.42 Å². The average Bonchev–Trinajstić information content (AvgIpc) is 2.65. The average molecular weight is 431 g/mol. The van der Waals surface area contributed by atoms with Gasteiger partial charge in [0.2, 0.25) is 17.7 Å². The number of amides is 3. The van der Waals surface area contributed by atoms with Crippen molar-refractivity contribution in [1.82, 2.24) is 16.0 Å². The van der Waals surface area contributed by atoms with Crippen LogP contribution >= 0.6 is 0 Å². The van der Waals surface area contributed by atoms with Gasteiger partial charge in [-0.3, -0.25) is 19.2 Å². The Morgan fingerprint density at radius 3 is 1.77 bits per heavy atom. The fourth-order valence-corrected chi connectivity index (χ4v) is 2.55. The van der Waals surface area contributed by atoms with E-state index in [0.29, 0.717) is 6.42 Å².